The predicted octanol–water partition coefficient (Wildman–Crippen LogP) is 5.69. The van der Waals surface area contributed by atoms with E-state index in [1.807, 2.05) is 31.2 Å². The van der Waals surface area contributed by atoms with Crippen LogP contribution in [0.2, 0.25) is 0 Å². The molecule has 1 N–H and O–H groups in total. The second kappa shape index (κ2) is 13.1. The first-order valence-electron chi connectivity index (χ1n) is 13.0. The molecule has 1 unspecified atom stereocenters. The summed E-state index contributed by atoms with van der Waals surface area (Å²) in [5.74, 6) is 1.90. The van der Waals surface area contributed by atoms with Crippen molar-refractivity contribution in [1.29, 1.82) is 5.26 Å². The summed E-state index contributed by atoms with van der Waals surface area (Å²) in [6.07, 6.45) is 8.72. The first-order valence-corrected chi connectivity index (χ1v) is 13.0. The van der Waals surface area contributed by atoms with Crippen molar-refractivity contribution in [1.82, 2.24) is 0 Å². The lowest BCUT2D eigenvalue weighted by Gasteiger charge is -2.42. The van der Waals surface area contributed by atoms with Gasteiger partial charge in [0.25, 0.3) is 5.91 Å². The van der Waals surface area contributed by atoms with Crippen LogP contribution in [0.25, 0.3) is 0 Å². The van der Waals surface area contributed by atoms with Gasteiger partial charge in [0.15, 0.2) is 6.61 Å². The van der Waals surface area contributed by atoms with Crippen molar-refractivity contribution >= 4 is 17.3 Å². The van der Waals surface area contributed by atoms with Gasteiger partial charge in [0, 0.05) is 6.42 Å². The number of nitrogens with zero attached hydrogens (tertiary/aromatic N) is 2. The molecule has 3 aliphatic rings. The number of hydrogen-bond acceptors (Lipinski definition) is 6. The number of nitrogens with one attached hydrogen (secondary N) is 1. The fraction of sp³-hybridized carbons (Fsp3) is 0.483. The van der Waals surface area contributed by atoms with Crippen LogP contribution >= 0.6 is 0 Å². The van der Waals surface area contributed by atoms with Crippen LogP contribution in [0.3, 0.4) is 0 Å². The lowest BCUT2D eigenvalue weighted by atomic mass is 9.69. The summed E-state index contributed by atoms with van der Waals surface area (Å²) in [5.41, 5.74) is 2.69. The zero-order chi connectivity index (χ0) is 25.2. The standard InChI is InChI=1S/C29H35N3O4/c1-2-26(32-36-17-5-16-34-28-18-21-8-10-23(28)11-9-21)22-12-14-25(15-13-22)35-20-29(33)31-27-7-4-3-6-24(27)19-30/h3-4,6-7,12-15,21,23,28H,2,5,8-11,16-18,20H2,1H3,(H,31,33)/b32-26+. The molecule has 5 rings (SSSR count). The molecular formula is C29H35N3O4. The number of para-hydroxylation sites is 1. The largest absolute Gasteiger partial charge is 0.484 e. The maximum atomic E-state index is 12.2. The molecule has 36 heavy (non-hydrogen) atoms. The van der Waals surface area contributed by atoms with Gasteiger partial charge >= 0.3 is 0 Å². The van der Waals surface area contributed by atoms with Crippen LogP contribution in [-0.2, 0) is 14.4 Å². The van der Waals surface area contributed by atoms with Crippen molar-refractivity contribution in [2.75, 3.05) is 25.1 Å². The predicted molar refractivity (Wildman–Crippen MR) is 139 cm³/mol. The highest BCUT2D eigenvalue weighted by Gasteiger charge is 2.35. The smallest absolute Gasteiger partial charge is 0.262 e. The quantitative estimate of drug-likeness (QED) is 0.235. The van der Waals surface area contributed by atoms with Crippen LogP contribution in [0, 0.1) is 23.2 Å². The first kappa shape index (κ1) is 25.7. The van der Waals surface area contributed by atoms with Crippen LogP contribution in [0.5, 0.6) is 5.75 Å². The van der Waals surface area contributed by atoms with E-state index >= 15 is 0 Å². The van der Waals surface area contributed by atoms with Gasteiger partial charge in [0.2, 0.25) is 0 Å². The zero-order valence-electron chi connectivity index (χ0n) is 20.9. The van der Waals surface area contributed by atoms with E-state index in [2.05, 4.69) is 16.5 Å². The van der Waals surface area contributed by atoms with Crippen LogP contribution in [-0.4, -0.2) is 37.5 Å². The van der Waals surface area contributed by atoms with Crippen molar-refractivity contribution in [2.45, 2.75) is 58.0 Å². The molecule has 7 nitrogen and oxygen atoms in total. The lowest BCUT2D eigenvalue weighted by Crippen LogP contribution is -2.37. The Balaban J connectivity index is 1.17. The summed E-state index contributed by atoms with van der Waals surface area (Å²) in [4.78, 5) is 17.8. The molecule has 7 heteroatoms. The first-order chi connectivity index (χ1) is 17.7. The third-order valence-corrected chi connectivity index (χ3v) is 7.08. The van der Waals surface area contributed by atoms with Crippen molar-refractivity contribution in [3.63, 3.8) is 0 Å². The van der Waals surface area contributed by atoms with Gasteiger partial charge in [-0.2, -0.15) is 5.26 Å². The molecule has 3 fully saturated rings. The molecule has 1 atom stereocenters. The maximum absolute atomic E-state index is 12.2. The molecule has 0 spiro atoms. The normalized spacial score (nSPS) is 21.0. The number of carbonyl (C=O) groups is 1. The maximum Gasteiger partial charge on any atom is 0.262 e. The molecule has 190 valence electrons. The van der Waals surface area contributed by atoms with E-state index in [1.165, 1.54) is 32.1 Å². The van der Waals surface area contributed by atoms with E-state index in [0.29, 0.717) is 29.7 Å². The summed E-state index contributed by atoms with van der Waals surface area (Å²) in [5, 5.41) is 16.2. The molecule has 3 aliphatic carbocycles. The second-order valence-corrected chi connectivity index (χ2v) is 9.52. The molecule has 3 saturated carbocycles. The molecule has 0 heterocycles. The average molecular weight is 490 g/mol. The SMILES string of the molecule is CC/C(=N\OCCCOC1CC2CCC1CC2)c1ccc(OCC(=O)Nc2ccccc2C#N)cc1. The van der Waals surface area contributed by atoms with Gasteiger partial charge in [-0.25, -0.2) is 0 Å². The van der Waals surface area contributed by atoms with E-state index in [9.17, 15) is 4.79 Å². The number of hydrogen-bond donors (Lipinski definition) is 1. The molecule has 0 aliphatic heterocycles. The van der Waals surface area contributed by atoms with Gasteiger partial charge in [-0.1, -0.05) is 24.2 Å². The van der Waals surface area contributed by atoms with Gasteiger partial charge < -0.3 is 19.6 Å². The topological polar surface area (TPSA) is 92.9 Å². The fourth-order valence-electron chi connectivity index (χ4n) is 5.09. The van der Waals surface area contributed by atoms with Crippen molar-refractivity contribution in [3.05, 3.63) is 59.7 Å². The number of fused-ring (bicyclic) bond motifs is 3. The highest BCUT2D eigenvalue weighted by atomic mass is 16.6. The molecule has 0 aromatic heterocycles. The summed E-state index contributed by atoms with van der Waals surface area (Å²) >= 11 is 0. The number of oxime groups is 1. The van der Waals surface area contributed by atoms with Crippen LogP contribution in [0.15, 0.2) is 53.7 Å². The number of rotatable bonds is 12. The molecule has 1 amide bonds. The van der Waals surface area contributed by atoms with Gasteiger partial charge in [-0.3, -0.25) is 4.79 Å². The number of ether oxygens (including phenoxy) is 2. The highest BCUT2D eigenvalue weighted by molar-refractivity contribution is 6.00. The minimum atomic E-state index is -0.328. The van der Waals surface area contributed by atoms with Crippen LogP contribution in [0.1, 0.15) is 63.0 Å². The van der Waals surface area contributed by atoms with Crippen LogP contribution in [0.4, 0.5) is 5.69 Å². The second-order valence-electron chi connectivity index (χ2n) is 9.52. The number of nitriles is 1. The van der Waals surface area contributed by atoms with Crippen molar-refractivity contribution in [3.8, 4) is 11.8 Å². The molecular weight excluding hydrogens is 454 g/mol. The van der Waals surface area contributed by atoms with E-state index in [-0.39, 0.29) is 12.5 Å². The summed E-state index contributed by atoms with van der Waals surface area (Å²) in [6, 6.07) is 16.3. The molecule has 2 aromatic rings. The lowest BCUT2D eigenvalue weighted by molar-refractivity contribution is -0.118. The fourth-order valence-corrected chi connectivity index (χ4v) is 5.09. The number of anilines is 1. The Bertz CT molecular complexity index is 1070. The Labute approximate surface area is 213 Å². The Morgan fingerprint density at radius 1 is 1.08 bits per heavy atom. The Morgan fingerprint density at radius 2 is 1.86 bits per heavy atom. The zero-order valence-corrected chi connectivity index (χ0v) is 20.9. The van der Waals surface area contributed by atoms with Crippen molar-refractivity contribution < 1.29 is 19.1 Å². The molecule has 0 saturated heterocycles. The molecule has 2 aromatic carbocycles. The number of benzene rings is 2. The minimum absolute atomic E-state index is 0.152. The molecule has 0 radical (unpaired) electrons. The number of carbonyl (C=O) groups excluding carboxylic acids is 1. The van der Waals surface area contributed by atoms with E-state index in [4.69, 9.17) is 19.6 Å². The monoisotopic (exact) mass is 489 g/mol. The van der Waals surface area contributed by atoms with E-state index in [0.717, 1.165) is 42.6 Å². The Hall–Kier alpha value is -3.37. The van der Waals surface area contributed by atoms with Gasteiger partial charge in [0.1, 0.15) is 18.4 Å². The van der Waals surface area contributed by atoms with E-state index < -0.39 is 0 Å². The Kier molecular flexibility index (Phi) is 9.34. The molecule has 2 bridgehead atoms. The van der Waals surface area contributed by atoms with Gasteiger partial charge in [0.05, 0.1) is 29.7 Å². The van der Waals surface area contributed by atoms with Gasteiger partial charge in [-0.05, 0) is 92.3 Å². The third kappa shape index (κ3) is 7.08. The number of amides is 1. The third-order valence-electron chi connectivity index (χ3n) is 7.08. The van der Waals surface area contributed by atoms with Crippen molar-refractivity contribution in [2.24, 2.45) is 17.0 Å². The van der Waals surface area contributed by atoms with Gasteiger partial charge in [-0.15, -0.1) is 0 Å². The Morgan fingerprint density at radius 3 is 2.56 bits per heavy atom. The van der Waals surface area contributed by atoms with E-state index in [1.54, 1.807) is 24.3 Å². The summed E-state index contributed by atoms with van der Waals surface area (Å²) in [7, 11) is 0. The highest BCUT2D eigenvalue weighted by Crippen LogP contribution is 2.42. The summed E-state index contributed by atoms with van der Waals surface area (Å²) in [6.45, 7) is 3.15. The summed E-state index contributed by atoms with van der Waals surface area (Å²) < 4.78 is 11.7. The minimum Gasteiger partial charge on any atom is -0.484 e. The van der Waals surface area contributed by atoms with Crippen LogP contribution < -0.4 is 10.1 Å². The average Bonchev–Trinajstić information content (AvgIpc) is 2.93.